The van der Waals surface area contributed by atoms with E-state index in [-0.39, 0.29) is 43.9 Å². The van der Waals surface area contributed by atoms with Crippen molar-refractivity contribution in [2.45, 2.75) is 57.0 Å². The minimum atomic E-state index is -2.99. The fraction of sp³-hybridized carbons (Fsp3) is 0.423. The molecule has 1 saturated carbocycles. The van der Waals surface area contributed by atoms with Crippen LogP contribution in [-0.4, -0.2) is 33.8 Å². The number of nitrogens with zero attached hydrogens (tertiary/aromatic N) is 1. The minimum Gasteiger partial charge on any atom is -0.507 e. The Balaban J connectivity index is 1.78. The molecule has 0 atom stereocenters. The molecule has 0 amide bonds. The van der Waals surface area contributed by atoms with Gasteiger partial charge in [-0.25, -0.2) is 13.2 Å². The summed E-state index contributed by atoms with van der Waals surface area (Å²) in [5.41, 5.74) is -0.703. The van der Waals surface area contributed by atoms with E-state index in [4.69, 9.17) is 4.74 Å². The number of carboxylic acids is 1. The molecule has 1 spiro atoms. The van der Waals surface area contributed by atoms with Crippen molar-refractivity contribution in [2.75, 3.05) is 6.61 Å². The molecule has 0 saturated heterocycles. The number of benzene rings is 2. The summed E-state index contributed by atoms with van der Waals surface area (Å²) in [5, 5.41) is 21.1. The Bertz CT molecular complexity index is 1270. The van der Waals surface area contributed by atoms with Crippen LogP contribution >= 0.6 is 0 Å². The third-order valence-electron chi connectivity index (χ3n) is 7.66. The molecule has 5 rings (SSSR count). The summed E-state index contributed by atoms with van der Waals surface area (Å²) < 4.78 is 49.8. The molecule has 2 aliphatic rings. The zero-order chi connectivity index (χ0) is 24.5. The molecular formula is C26H26F3NO4. The fourth-order valence-corrected chi connectivity index (χ4v) is 5.74. The lowest BCUT2D eigenvalue weighted by Crippen LogP contribution is -2.50. The van der Waals surface area contributed by atoms with E-state index in [1.165, 1.54) is 12.1 Å². The number of hydrogen-bond donors (Lipinski definition) is 2. The highest BCUT2D eigenvalue weighted by molar-refractivity contribution is 5.94. The molecule has 180 valence electrons. The normalized spacial score (nSPS) is 26.2. The van der Waals surface area contributed by atoms with Gasteiger partial charge in [-0.1, -0.05) is 19.9 Å². The van der Waals surface area contributed by atoms with E-state index in [0.29, 0.717) is 22.2 Å². The van der Waals surface area contributed by atoms with Gasteiger partial charge in [0.05, 0.1) is 17.7 Å². The number of aromatic nitrogens is 1. The van der Waals surface area contributed by atoms with Gasteiger partial charge in [-0.3, -0.25) is 4.79 Å². The van der Waals surface area contributed by atoms with E-state index in [1.54, 1.807) is 24.3 Å². The second-order valence-electron chi connectivity index (χ2n) is 10.1. The molecule has 34 heavy (non-hydrogen) atoms. The number of phenolic OH excluding ortho intramolecular Hbond substituents is 1. The van der Waals surface area contributed by atoms with Crippen molar-refractivity contribution < 1.29 is 32.9 Å². The summed E-state index contributed by atoms with van der Waals surface area (Å²) in [4.78, 5) is 11.8. The number of hydrogen-bond acceptors (Lipinski definition) is 3. The van der Waals surface area contributed by atoms with Gasteiger partial charge in [0, 0.05) is 27.7 Å². The van der Waals surface area contributed by atoms with Gasteiger partial charge in [0.2, 0.25) is 0 Å². The molecule has 8 heteroatoms. The van der Waals surface area contributed by atoms with Crippen LogP contribution in [0.2, 0.25) is 0 Å². The Morgan fingerprint density at radius 1 is 1.06 bits per heavy atom. The number of aliphatic carboxylic acids is 1. The van der Waals surface area contributed by atoms with Crippen molar-refractivity contribution in [3.8, 4) is 11.4 Å². The van der Waals surface area contributed by atoms with Gasteiger partial charge in [0.1, 0.15) is 17.0 Å². The van der Waals surface area contributed by atoms with Crippen molar-refractivity contribution in [2.24, 2.45) is 5.41 Å². The van der Waals surface area contributed by atoms with E-state index >= 15 is 0 Å². The molecule has 2 N–H and O–H groups in total. The van der Waals surface area contributed by atoms with Gasteiger partial charge in [0.25, 0.3) is 6.43 Å². The van der Waals surface area contributed by atoms with Crippen LogP contribution in [0.4, 0.5) is 13.2 Å². The smallest absolute Gasteiger partial charge is 0.315 e. The molecule has 0 unspecified atom stereocenters. The third-order valence-corrected chi connectivity index (χ3v) is 7.66. The molecule has 1 fully saturated rings. The van der Waals surface area contributed by atoms with E-state index < -0.39 is 28.8 Å². The number of rotatable bonds is 3. The zero-order valence-electron chi connectivity index (χ0n) is 18.9. The first kappa shape index (κ1) is 22.8. The Hall–Kier alpha value is -3.00. The molecule has 1 aromatic heterocycles. The molecule has 0 bridgehead atoms. The third kappa shape index (κ3) is 3.07. The number of halogens is 3. The molecule has 1 aliphatic carbocycles. The van der Waals surface area contributed by atoms with Gasteiger partial charge in [-0.05, 0) is 62.1 Å². The predicted octanol–water partition coefficient (Wildman–Crippen LogP) is 5.89. The van der Waals surface area contributed by atoms with Crippen LogP contribution < -0.4 is 0 Å². The van der Waals surface area contributed by atoms with Gasteiger partial charge in [0.15, 0.2) is 0 Å². The Kier molecular flexibility index (Phi) is 5.02. The van der Waals surface area contributed by atoms with Gasteiger partial charge in [-0.2, -0.15) is 0 Å². The van der Waals surface area contributed by atoms with Crippen LogP contribution in [0.25, 0.3) is 16.6 Å². The van der Waals surface area contributed by atoms with Crippen molar-refractivity contribution >= 4 is 16.9 Å². The van der Waals surface area contributed by atoms with Crippen LogP contribution in [0.5, 0.6) is 5.75 Å². The highest BCUT2D eigenvalue weighted by Crippen LogP contribution is 2.58. The summed E-state index contributed by atoms with van der Waals surface area (Å²) in [5.74, 6) is -1.84. The van der Waals surface area contributed by atoms with E-state index in [2.05, 4.69) is 0 Å². The Morgan fingerprint density at radius 2 is 1.71 bits per heavy atom. The van der Waals surface area contributed by atoms with Crippen LogP contribution in [0.3, 0.4) is 0 Å². The molecule has 1 aliphatic heterocycles. The lowest BCUT2D eigenvalue weighted by atomic mass is 9.64. The Morgan fingerprint density at radius 3 is 2.29 bits per heavy atom. The number of fused-ring (bicyclic) bond motifs is 4. The monoisotopic (exact) mass is 473 g/mol. The summed E-state index contributed by atoms with van der Waals surface area (Å²) >= 11 is 0. The molecular weight excluding hydrogens is 447 g/mol. The fourth-order valence-electron chi connectivity index (χ4n) is 5.74. The summed E-state index contributed by atoms with van der Waals surface area (Å²) in [7, 11) is 0. The minimum absolute atomic E-state index is 0.0271. The standard InChI is InChI=1S/C26H26F3NO4/c1-24(2)14-34-26(12-10-25(11-13-26,22(28)29)23(32)33)20-19-17(4-3-5-18(19)31)30(21(20)24)16-8-6-15(27)7-9-16/h3-9,22,31H,10-14H2,1-2H3,(H,32,33). The maximum atomic E-state index is 13.9. The number of alkyl halides is 2. The SMILES string of the molecule is CC1(C)COC2(CCC(C(=O)O)(C(F)F)CC2)c2c1n(-c1ccc(F)cc1)c1cccc(O)c21. The van der Waals surface area contributed by atoms with Crippen LogP contribution in [0, 0.1) is 11.2 Å². The summed E-state index contributed by atoms with van der Waals surface area (Å²) in [6.45, 7) is 4.28. The summed E-state index contributed by atoms with van der Waals surface area (Å²) in [6.07, 6.45) is -3.30. The maximum Gasteiger partial charge on any atom is 0.315 e. The average Bonchev–Trinajstić information content (AvgIpc) is 3.16. The van der Waals surface area contributed by atoms with Crippen molar-refractivity contribution in [1.82, 2.24) is 4.57 Å². The lowest BCUT2D eigenvalue weighted by Gasteiger charge is -2.49. The molecule has 2 heterocycles. The van der Waals surface area contributed by atoms with E-state index in [0.717, 1.165) is 5.69 Å². The number of aromatic hydroxyl groups is 1. The number of ether oxygens (including phenoxy) is 1. The number of carbonyl (C=O) groups is 1. The molecule has 0 radical (unpaired) electrons. The largest absolute Gasteiger partial charge is 0.507 e. The highest BCUT2D eigenvalue weighted by atomic mass is 19.3. The second kappa shape index (κ2) is 7.50. The van der Waals surface area contributed by atoms with Crippen LogP contribution in [0.1, 0.15) is 50.8 Å². The zero-order valence-corrected chi connectivity index (χ0v) is 18.9. The molecule has 3 aromatic rings. The number of carboxylic acid groups (broad SMARTS) is 1. The van der Waals surface area contributed by atoms with Crippen LogP contribution in [0.15, 0.2) is 42.5 Å². The van der Waals surface area contributed by atoms with Crippen molar-refractivity contribution in [3.05, 3.63) is 59.5 Å². The van der Waals surface area contributed by atoms with Crippen LogP contribution in [-0.2, 0) is 20.5 Å². The van der Waals surface area contributed by atoms with Gasteiger partial charge < -0.3 is 19.5 Å². The van der Waals surface area contributed by atoms with Gasteiger partial charge >= 0.3 is 5.97 Å². The summed E-state index contributed by atoms with van der Waals surface area (Å²) in [6, 6.07) is 11.2. The first-order valence-corrected chi connectivity index (χ1v) is 11.3. The predicted molar refractivity (Wildman–Crippen MR) is 120 cm³/mol. The second-order valence-corrected chi connectivity index (χ2v) is 10.1. The lowest BCUT2D eigenvalue weighted by molar-refractivity contribution is -0.178. The first-order chi connectivity index (χ1) is 16.0. The number of phenols is 1. The van der Waals surface area contributed by atoms with Gasteiger partial charge in [-0.15, -0.1) is 0 Å². The molecule has 2 aromatic carbocycles. The Labute approximate surface area is 194 Å². The first-order valence-electron chi connectivity index (χ1n) is 11.3. The molecule has 5 nitrogen and oxygen atoms in total. The van der Waals surface area contributed by atoms with Crippen molar-refractivity contribution in [1.29, 1.82) is 0 Å². The van der Waals surface area contributed by atoms with Crippen molar-refractivity contribution in [3.63, 3.8) is 0 Å². The topological polar surface area (TPSA) is 71.7 Å². The average molecular weight is 473 g/mol. The van der Waals surface area contributed by atoms with E-state index in [1.807, 2.05) is 24.5 Å². The highest BCUT2D eigenvalue weighted by Gasteiger charge is 2.57. The maximum absolute atomic E-state index is 13.9. The van der Waals surface area contributed by atoms with E-state index in [9.17, 15) is 28.2 Å². The quantitative estimate of drug-likeness (QED) is 0.498.